The Balaban J connectivity index is 1.03. The van der Waals surface area contributed by atoms with E-state index in [0.717, 1.165) is 94.6 Å². The lowest BCUT2D eigenvalue weighted by atomic mass is 9.92. The highest BCUT2D eigenvalue weighted by Gasteiger charge is 2.18. The topological polar surface area (TPSA) is 41.9 Å². The van der Waals surface area contributed by atoms with Crippen molar-refractivity contribution in [1.29, 1.82) is 0 Å². The minimum absolute atomic E-state index is 0.700. The van der Waals surface area contributed by atoms with Gasteiger partial charge in [0.15, 0.2) is 5.82 Å². The Morgan fingerprint density at radius 1 is 0.295 bits per heavy atom. The van der Waals surface area contributed by atoms with Crippen LogP contribution in [-0.4, -0.2) is 15.0 Å². The van der Waals surface area contributed by atoms with Gasteiger partial charge in [0.1, 0.15) is 0 Å². The molecule has 11 rings (SSSR count). The maximum Gasteiger partial charge on any atom is 0.160 e. The van der Waals surface area contributed by atoms with Gasteiger partial charge in [0.05, 0.1) is 22.6 Å². The fraction of sp³-hybridized carbons (Fsp3) is 0. The molecular weight excluding hydrogens is 741 g/mol. The van der Waals surface area contributed by atoms with E-state index in [4.69, 9.17) is 15.0 Å². The van der Waals surface area contributed by atoms with E-state index in [2.05, 4.69) is 211 Å². The molecule has 0 aliphatic heterocycles. The average Bonchev–Trinajstić information content (AvgIpc) is 3.35. The molecule has 0 fully saturated rings. The number of para-hydroxylation sites is 3. The minimum Gasteiger partial charge on any atom is -0.311 e. The van der Waals surface area contributed by atoms with Crippen LogP contribution in [0.5, 0.6) is 0 Å². The Morgan fingerprint density at radius 3 is 1.56 bits per heavy atom. The molecule has 0 saturated carbocycles. The quantitative estimate of drug-likeness (QED) is 0.144. The van der Waals surface area contributed by atoms with E-state index < -0.39 is 0 Å². The van der Waals surface area contributed by atoms with E-state index in [1.807, 2.05) is 24.3 Å². The van der Waals surface area contributed by atoms with Crippen LogP contribution in [0.3, 0.4) is 0 Å². The van der Waals surface area contributed by atoms with Crippen LogP contribution in [0.1, 0.15) is 0 Å². The van der Waals surface area contributed by atoms with E-state index >= 15 is 0 Å². The van der Waals surface area contributed by atoms with Gasteiger partial charge in [-0.05, 0) is 76.5 Å². The third kappa shape index (κ3) is 6.76. The Bertz CT molecular complexity index is 3240. The summed E-state index contributed by atoms with van der Waals surface area (Å²) in [5.41, 5.74) is 13.4. The number of hydrogen-bond donors (Lipinski definition) is 0. The first kappa shape index (κ1) is 35.9. The van der Waals surface area contributed by atoms with Gasteiger partial charge in [-0.3, -0.25) is 0 Å². The molecule has 11 aromatic rings. The van der Waals surface area contributed by atoms with Crippen molar-refractivity contribution in [3.8, 4) is 56.3 Å². The molecule has 0 aliphatic rings. The lowest BCUT2D eigenvalue weighted by Gasteiger charge is -2.25. The van der Waals surface area contributed by atoms with Crippen molar-refractivity contribution >= 4 is 49.5 Å². The summed E-state index contributed by atoms with van der Waals surface area (Å²) in [6.07, 6.45) is 0. The molecule has 0 radical (unpaired) electrons. The van der Waals surface area contributed by atoms with E-state index in [1.165, 1.54) is 5.39 Å². The molecule has 9 aromatic carbocycles. The van der Waals surface area contributed by atoms with Gasteiger partial charge in [-0.1, -0.05) is 176 Å². The molecule has 4 nitrogen and oxygen atoms in total. The van der Waals surface area contributed by atoms with Crippen LogP contribution in [0.25, 0.3) is 88.7 Å². The lowest BCUT2D eigenvalue weighted by molar-refractivity contribution is 1.18. The summed E-state index contributed by atoms with van der Waals surface area (Å²) < 4.78 is 0. The zero-order valence-corrected chi connectivity index (χ0v) is 33.2. The van der Waals surface area contributed by atoms with Crippen LogP contribution >= 0.6 is 0 Å². The summed E-state index contributed by atoms with van der Waals surface area (Å²) in [5, 5.41) is 5.69. The fourth-order valence-corrected chi connectivity index (χ4v) is 8.56. The monoisotopic (exact) mass is 778 g/mol. The van der Waals surface area contributed by atoms with Gasteiger partial charge in [-0.25, -0.2) is 15.0 Å². The molecule has 0 aliphatic carbocycles. The maximum absolute atomic E-state index is 5.36. The summed E-state index contributed by atoms with van der Waals surface area (Å²) in [7, 11) is 0. The molecule has 0 amide bonds. The summed E-state index contributed by atoms with van der Waals surface area (Å²) in [4.78, 5) is 17.9. The first-order valence-electron chi connectivity index (χ1n) is 20.6. The third-order valence-electron chi connectivity index (χ3n) is 11.4. The number of hydrogen-bond acceptors (Lipinski definition) is 4. The number of nitrogens with zero attached hydrogens (tertiary/aromatic N) is 4. The molecule has 0 saturated heterocycles. The van der Waals surface area contributed by atoms with Gasteiger partial charge >= 0.3 is 0 Å². The average molecular weight is 779 g/mol. The summed E-state index contributed by atoms with van der Waals surface area (Å²) in [6.45, 7) is 0. The number of pyridine rings is 1. The van der Waals surface area contributed by atoms with Gasteiger partial charge in [0.25, 0.3) is 0 Å². The van der Waals surface area contributed by atoms with Gasteiger partial charge in [-0.15, -0.1) is 0 Å². The van der Waals surface area contributed by atoms with Gasteiger partial charge in [-0.2, -0.15) is 0 Å². The van der Waals surface area contributed by atoms with Crippen molar-refractivity contribution < 1.29 is 0 Å². The van der Waals surface area contributed by atoms with E-state index in [-0.39, 0.29) is 0 Å². The Labute approximate surface area is 354 Å². The van der Waals surface area contributed by atoms with E-state index in [1.54, 1.807) is 0 Å². The second kappa shape index (κ2) is 15.5. The molecule has 0 bridgehead atoms. The SMILES string of the molecule is c1ccc(-c2cc(-c3cccc4c3ccc3c(-c5cccc(-c6ccc(N(c7ccccc7)c7ccccc7)cc6)c5)nc5ccccc5c34)nc(-c3ccccc3)n2)cc1. The smallest absolute Gasteiger partial charge is 0.160 e. The molecule has 0 N–H and O–H groups in total. The maximum atomic E-state index is 5.36. The van der Waals surface area contributed by atoms with Gasteiger partial charge in [0.2, 0.25) is 0 Å². The second-order valence-electron chi connectivity index (χ2n) is 15.2. The molecule has 0 atom stereocenters. The van der Waals surface area contributed by atoms with Crippen LogP contribution in [0, 0.1) is 0 Å². The predicted molar refractivity (Wildman–Crippen MR) is 254 cm³/mol. The van der Waals surface area contributed by atoms with Crippen LogP contribution in [0.15, 0.2) is 231 Å². The normalized spacial score (nSPS) is 11.3. The van der Waals surface area contributed by atoms with E-state index in [0.29, 0.717) is 5.82 Å². The molecule has 0 unspecified atom stereocenters. The Hall–Kier alpha value is -8.21. The van der Waals surface area contributed by atoms with Crippen molar-refractivity contribution in [2.24, 2.45) is 0 Å². The predicted octanol–water partition coefficient (Wildman–Crippen LogP) is 15.1. The van der Waals surface area contributed by atoms with Crippen molar-refractivity contribution in [1.82, 2.24) is 15.0 Å². The van der Waals surface area contributed by atoms with Gasteiger partial charge < -0.3 is 4.90 Å². The van der Waals surface area contributed by atoms with Crippen LogP contribution in [-0.2, 0) is 0 Å². The number of anilines is 3. The highest BCUT2D eigenvalue weighted by atomic mass is 15.1. The van der Waals surface area contributed by atoms with Crippen LogP contribution < -0.4 is 4.90 Å². The highest BCUT2D eigenvalue weighted by molar-refractivity contribution is 6.24. The first-order valence-corrected chi connectivity index (χ1v) is 20.6. The number of benzene rings is 9. The summed E-state index contributed by atoms with van der Waals surface area (Å²) >= 11 is 0. The molecule has 2 heterocycles. The molecule has 0 spiro atoms. The zero-order valence-electron chi connectivity index (χ0n) is 33.2. The summed E-state index contributed by atoms with van der Waals surface area (Å²) in [5.74, 6) is 0.700. The number of aromatic nitrogens is 3. The van der Waals surface area contributed by atoms with Crippen LogP contribution in [0.2, 0.25) is 0 Å². The Morgan fingerprint density at radius 2 is 0.836 bits per heavy atom. The number of rotatable bonds is 8. The van der Waals surface area contributed by atoms with Crippen molar-refractivity contribution in [2.45, 2.75) is 0 Å². The first-order chi connectivity index (χ1) is 30.2. The van der Waals surface area contributed by atoms with Crippen LogP contribution in [0.4, 0.5) is 17.1 Å². The molecule has 2 aromatic heterocycles. The summed E-state index contributed by atoms with van der Waals surface area (Å²) in [6, 6.07) is 80.9. The van der Waals surface area contributed by atoms with Crippen molar-refractivity contribution in [3.05, 3.63) is 231 Å². The molecule has 286 valence electrons. The second-order valence-corrected chi connectivity index (χ2v) is 15.2. The molecular formula is C57H38N4. The van der Waals surface area contributed by atoms with E-state index in [9.17, 15) is 0 Å². The fourth-order valence-electron chi connectivity index (χ4n) is 8.56. The van der Waals surface area contributed by atoms with Gasteiger partial charge in [0, 0.05) is 55.5 Å². The minimum atomic E-state index is 0.700. The molecule has 61 heavy (non-hydrogen) atoms. The lowest BCUT2D eigenvalue weighted by Crippen LogP contribution is -2.09. The van der Waals surface area contributed by atoms with Crippen molar-refractivity contribution in [2.75, 3.05) is 4.90 Å². The molecule has 4 heteroatoms. The largest absolute Gasteiger partial charge is 0.311 e. The highest BCUT2D eigenvalue weighted by Crippen LogP contribution is 2.42. The standard InChI is InChI=1S/C57H38N4/c1-5-17-40(18-6-1)53-38-54(60-57(59-53)41-19-7-2-8-20-41)48-28-16-29-49-47(48)35-36-51-55(49)50-27-13-14-30-52(50)58-56(51)43-22-15-21-42(37-43)39-31-33-46(34-32-39)61(44-23-9-3-10-24-44)45-25-11-4-12-26-45/h1-38H. The third-order valence-corrected chi connectivity index (χ3v) is 11.4. The number of fused-ring (bicyclic) bond motifs is 5. The van der Waals surface area contributed by atoms with Crippen molar-refractivity contribution in [3.63, 3.8) is 0 Å². The zero-order chi connectivity index (χ0) is 40.5. The Kier molecular flexibility index (Phi) is 9.14.